The predicted molar refractivity (Wildman–Crippen MR) is 122 cm³/mol. The number of aromatic nitrogens is 1. The number of hydrogen-bond acceptors (Lipinski definition) is 4. The fourth-order valence-corrected chi connectivity index (χ4v) is 5.02. The van der Waals surface area contributed by atoms with E-state index in [0.29, 0.717) is 13.1 Å². The van der Waals surface area contributed by atoms with Gasteiger partial charge in [-0.2, -0.15) is 0 Å². The van der Waals surface area contributed by atoms with Gasteiger partial charge in [0, 0.05) is 42.0 Å². The van der Waals surface area contributed by atoms with Crippen molar-refractivity contribution < 1.29 is 14.3 Å². The first-order valence-corrected chi connectivity index (χ1v) is 10.9. The average Bonchev–Trinajstić information content (AvgIpc) is 2.83. The third kappa shape index (κ3) is 3.31. The molecule has 2 aromatic carbocycles. The minimum absolute atomic E-state index is 0.0607. The third-order valence-corrected chi connectivity index (χ3v) is 6.76. The number of aryl methyl sites for hydroxylation is 1. The standard InChI is InChI=1S/C25H24N2O3S/c1-29-22-13-18-9-11-27-21(19(18)14-23(22)30-2)12-17-8-10-26(15-20(17)25(27)31)24(28)16-6-4-3-5-7-16/h3-7,12-14H,8-11,15H2,1-2H3. The van der Waals surface area contributed by atoms with Crippen LogP contribution in [0.5, 0.6) is 11.5 Å². The van der Waals surface area contributed by atoms with Crippen molar-refractivity contribution in [3.8, 4) is 22.8 Å². The molecule has 31 heavy (non-hydrogen) atoms. The number of carbonyl (C=O) groups excluding carboxylic acids is 1. The van der Waals surface area contributed by atoms with Crippen LogP contribution in [-0.4, -0.2) is 36.1 Å². The van der Waals surface area contributed by atoms with Crippen molar-refractivity contribution in [1.82, 2.24) is 9.47 Å². The molecule has 1 amide bonds. The molecule has 0 radical (unpaired) electrons. The van der Waals surface area contributed by atoms with Crippen LogP contribution in [0.1, 0.15) is 27.0 Å². The lowest BCUT2D eigenvalue weighted by molar-refractivity contribution is 0.0734. The molecule has 0 saturated carbocycles. The highest BCUT2D eigenvalue weighted by atomic mass is 32.1. The number of pyridine rings is 1. The second-order valence-corrected chi connectivity index (χ2v) is 8.33. The molecule has 0 atom stereocenters. The van der Waals surface area contributed by atoms with Gasteiger partial charge in [-0.3, -0.25) is 4.79 Å². The summed E-state index contributed by atoms with van der Waals surface area (Å²) in [4.78, 5) is 14.9. The molecular formula is C25H24N2O3S. The lowest BCUT2D eigenvalue weighted by Gasteiger charge is -2.32. The lowest BCUT2D eigenvalue weighted by Crippen LogP contribution is -2.36. The normalized spacial score (nSPS) is 14.3. The van der Waals surface area contributed by atoms with Gasteiger partial charge in [-0.15, -0.1) is 0 Å². The quantitative estimate of drug-likeness (QED) is 0.565. The van der Waals surface area contributed by atoms with Gasteiger partial charge in [-0.25, -0.2) is 0 Å². The van der Waals surface area contributed by atoms with Gasteiger partial charge in [-0.05, 0) is 54.3 Å². The van der Waals surface area contributed by atoms with Gasteiger partial charge in [0.2, 0.25) is 0 Å². The summed E-state index contributed by atoms with van der Waals surface area (Å²) in [7, 11) is 3.32. The smallest absolute Gasteiger partial charge is 0.254 e. The zero-order valence-electron chi connectivity index (χ0n) is 17.7. The summed E-state index contributed by atoms with van der Waals surface area (Å²) in [6.07, 6.45) is 1.68. The van der Waals surface area contributed by atoms with E-state index in [1.165, 1.54) is 11.1 Å². The monoisotopic (exact) mass is 432 g/mol. The van der Waals surface area contributed by atoms with Crippen LogP contribution in [0.4, 0.5) is 0 Å². The van der Waals surface area contributed by atoms with Crippen molar-refractivity contribution in [2.24, 2.45) is 0 Å². The highest BCUT2D eigenvalue weighted by molar-refractivity contribution is 7.71. The first kappa shape index (κ1) is 19.8. The number of methoxy groups -OCH3 is 2. The summed E-state index contributed by atoms with van der Waals surface area (Å²) in [6, 6.07) is 15.8. The van der Waals surface area contributed by atoms with Crippen LogP contribution >= 0.6 is 12.2 Å². The van der Waals surface area contributed by atoms with Crippen LogP contribution in [0.25, 0.3) is 11.3 Å². The average molecular weight is 433 g/mol. The Kier molecular flexibility index (Phi) is 5.02. The van der Waals surface area contributed by atoms with Gasteiger partial charge in [-0.1, -0.05) is 30.4 Å². The van der Waals surface area contributed by atoms with Crippen molar-refractivity contribution in [3.63, 3.8) is 0 Å². The Morgan fingerprint density at radius 3 is 2.39 bits per heavy atom. The van der Waals surface area contributed by atoms with Crippen molar-refractivity contribution in [2.75, 3.05) is 20.8 Å². The van der Waals surface area contributed by atoms with Crippen LogP contribution in [0.15, 0.2) is 48.5 Å². The summed E-state index contributed by atoms with van der Waals surface area (Å²) in [5.41, 5.74) is 6.55. The van der Waals surface area contributed by atoms with Gasteiger partial charge in [0.25, 0.3) is 5.91 Å². The number of hydrogen-bond donors (Lipinski definition) is 0. The Labute approximate surface area is 186 Å². The highest BCUT2D eigenvalue weighted by Gasteiger charge is 2.27. The molecule has 0 bridgehead atoms. The Hall–Kier alpha value is -3.12. The molecular weight excluding hydrogens is 408 g/mol. The summed E-state index contributed by atoms with van der Waals surface area (Å²) >= 11 is 5.93. The molecule has 0 saturated heterocycles. The van der Waals surface area contributed by atoms with E-state index in [9.17, 15) is 4.79 Å². The third-order valence-electron chi connectivity index (χ3n) is 6.29. The number of nitrogens with zero attached hydrogens (tertiary/aromatic N) is 2. The number of carbonyl (C=O) groups is 1. The van der Waals surface area contributed by atoms with Crippen LogP contribution in [0, 0.1) is 4.64 Å². The second-order valence-electron chi connectivity index (χ2n) is 7.95. The zero-order valence-corrected chi connectivity index (χ0v) is 18.5. The van der Waals surface area contributed by atoms with Gasteiger partial charge < -0.3 is 18.9 Å². The highest BCUT2D eigenvalue weighted by Crippen LogP contribution is 2.40. The summed E-state index contributed by atoms with van der Waals surface area (Å²) in [5.74, 6) is 1.53. The summed E-state index contributed by atoms with van der Waals surface area (Å²) in [6.45, 7) is 2.06. The SMILES string of the molecule is COc1cc2c(cc1OC)-c1cc3c(c(=S)n1CC2)CN(C(=O)c1ccccc1)CC3. The van der Waals surface area contributed by atoms with Gasteiger partial charge in [0.05, 0.1) is 14.2 Å². The van der Waals surface area contributed by atoms with Gasteiger partial charge in [0.15, 0.2) is 11.5 Å². The van der Waals surface area contributed by atoms with E-state index < -0.39 is 0 Å². The Morgan fingerprint density at radius 2 is 1.65 bits per heavy atom. The van der Waals surface area contributed by atoms with E-state index in [1.807, 2.05) is 41.3 Å². The topological polar surface area (TPSA) is 43.7 Å². The molecule has 2 aliphatic heterocycles. The van der Waals surface area contributed by atoms with E-state index in [4.69, 9.17) is 21.7 Å². The first-order chi connectivity index (χ1) is 15.1. The largest absolute Gasteiger partial charge is 0.493 e. The molecule has 5 rings (SSSR count). The molecule has 0 spiro atoms. The molecule has 3 heterocycles. The Morgan fingerprint density at radius 1 is 0.935 bits per heavy atom. The molecule has 1 aromatic heterocycles. The molecule has 0 fully saturated rings. The molecule has 0 unspecified atom stereocenters. The lowest BCUT2D eigenvalue weighted by atomic mass is 9.92. The molecule has 158 valence electrons. The van der Waals surface area contributed by atoms with E-state index in [0.717, 1.165) is 57.9 Å². The molecule has 0 aliphatic carbocycles. The second kappa shape index (κ2) is 7.85. The molecule has 3 aromatic rings. The van der Waals surface area contributed by atoms with Crippen LogP contribution in [0.3, 0.4) is 0 Å². The van der Waals surface area contributed by atoms with Crippen LogP contribution in [-0.2, 0) is 25.9 Å². The molecule has 2 aliphatic rings. The Balaban J connectivity index is 1.55. The summed E-state index contributed by atoms with van der Waals surface area (Å²) < 4.78 is 14.1. The van der Waals surface area contributed by atoms with Crippen LogP contribution in [0.2, 0.25) is 0 Å². The van der Waals surface area contributed by atoms with Crippen molar-refractivity contribution >= 4 is 18.1 Å². The Bertz CT molecular complexity index is 1230. The minimum atomic E-state index is 0.0607. The van der Waals surface area contributed by atoms with E-state index in [2.05, 4.69) is 16.7 Å². The first-order valence-electron chi connectivity index (χ1n) is 10.5. The van der Waals surface area contributed by atoms with Gasteiger partial charge >= 0.3 is 0 Å². The number of rotatable bonds is 3. The van der Waals surface area contributed by atoms with Gasteiger partial charge in [0.1, 0.15) is 4.64 Å². The molecule has 6 heteroatoms. The fourth-order valence-electron chi connectivity index (χ4n) is 4.64. The van der Waals surface area contributed by atoms with Crippen LogP contribution < -0.4 is 9.47 Å². The van der Waals surface area contributed by atoms with E-state index in [-0.39, 0.29) is 5.91 Å². The maximum Gasteiger partial charge on any atom is 0.254 e. The maximum atomic E-state index is 13.0. The number of amides is 1. The molecule has 5 nitrogen and oxygen atoms in total. The number of ether oxygens (including phenoxy) is 2. The van der Waals surface area contributed by atoms with E-state index in [1.54, 1.807) is 14.2 Å². The number of fused-ring (bicyclic) bond motifs is 4. The minimum Gasteiger partial charge on any atom is -0.493 e. The fraction of sp³-hybridized carbons (Fsp3) is 0.280. The number of benzene rings is 2. The predicted octanol–water partition coefficient (Wildman–Crippen LogP) is 4.66. The zero-order chi connectivity index (χ0) is 21.5. The van der Waals surface area contributed by atoms with Crippen molar-refractivity contribution in [1.29, 1.82) is 0 Å². The van der Waals surface area contributed by atoms with Crippen molar-refractivity contribution in [3.05, 3.63) is 75.4 Å². The molecule has 0 N–H and O–H groups in total. The van der Waals surface area contributed by atoms with Crippen molar-refractivity contribution in [2.45, 2.75) is 25.9 Å². The maximum absolute atomic E-state index is 13.0. The van der Waals surface area contributed by atoms with E-state index >= 15 is 0 Å². The summed E-state index contributed by atoms with van der Waals surface area (Å²) in [5, 5.41) is 0.